The van der Waals surface area contributed by atoms with Gasteiger partial charge in [0.1, 0.15) is 0 Å². The van der Waals surface area contributed by atoms with E-state index in [1.54, 1.807) is 0 Å². The molecule has 4 nitrogen and oxygen atoms in total. The summed E-state index contributed by atoms with van der Waals surface area (Å²) >= 11 is 0. The normalized spacial score (nSPS) is 12.9. The third kappa shape index (κ3) is 1.37. The van der Waals surface area contributed by atoms with Gasteiger partial charge in [-0.05, 0) is 6.07 Å². The number of hydrogen-bond acceptors (Lipinski definition) is 3. The van der Waals surface area contributed by atoms with Crippen LogP contribution >= 0.6 is 0 Å². The predicted octanol–water partition coefficient (Wildman–Crippen LogP) is 1.18. The molecular formula is C9H7FO4. The maximum absolute atomic E-state index is 13.1. The van der Waals surface area contributed by atoms with Crippen molar-refractivity contribution in [3.05, 3.63) is 23.5 Å². The molecule has 0 fully saturated rings. The van der Waals surface area contributed by atoms with Crippen molar-refractivity contribution in [2.75, 3.05) is 6.79 Å². The monoisotopic (exact) mass is 198 g/mol. The molecule has 0 unspecified atom stereocenters. The van der Waals surface area contributed by atoms with Crippen LogP contribution < -0.4 is 9.47 Å². The number of aliphatic carboxylic acids is 1. The quantitative estimate of drug-likeness (QED) is 0.775. The molecule has 1 aliphatic heterocycles. The fourth-order valence-electron chi connectivity index (χ4n) is 1.32. The summed E-state index contributed by atoms with van der Waals surface area (Å²) in [6, 6.07) is 2.56. The number of ether oxygens (including phenoxy) is 2. The average Bonchev–Trinajstić information content (AvgIpc) is 2.58. The second-order valence-corrected chi connectivity index (χ2v) is 2.84. The van der Waals surface area contributed by atoms with Crippen molar-refractivity contribution in [3.8, 4) is 11.5 Å². The lowest BCUT2D eigenvalue weighted by molar-refractivity contribution is -0.136. The van der Waals surface area contributed by atoms with Gasteiger partial charge in [0.2, 0.25) is 12.5 Å². The number of carboxylic acids is 1. The fraction of sp³-hybridized carbons (Fsp3) is 0.222. The Labute approximate surface area is 78.9 Å². The molecule has 5 heteroatoms. The minimum Gasteiger partial charge on any atom is -0.481 e. The van der Waals surface area contributed by atoms with Gasteiger partial charge in [0.05, 0.1) is 6.42 Å². The van der Waals surface area contributed by atoms with Crippen molar-refractivity contribution in [2.24, 2.45) is 0 Å². The van der Waals surface area contributed by atoms with Gasteiger partial charge in [0.25, 0.3) is 0 Å². The number of benzene rings is 1. The van der Waals surface area contributed by atoms with Gasteiger partial charge in [-0.1, -0.05) is 6.07 Å². The van der Waals surface area contributed by atoms with Gasteiger partial charge >= 0.3 is 5.97 Å². The first kappa shape index (κ1) is 8.80. The summed E-state index contributed by atoms with van der Waals surface area (Å²) in [4.78, 5) is 10.5. The molecule has 0 spiro atoms. The van der Waals surface area contributed by atoms with Crippen LogP contribution in [0.2, 0.25) is 0 Å². The average molecular weight is 198 g/mol. The molecule has 1 heterocycles. The van der Waals surface area contributed by atoms with Gasteiger partial charge in [-0.25, -0.2) is 4.39 Å². The van der Waals surface area contributed by atoms with Crippen LogP contribution in [0.3, 0.4) is 0 Å². The molecular weight excluding hydrogens is 191 g/mol. The van der Waals surface area contributed by atoms with E-state index < -0.39 is 11.8 Å². The van der Waals surface area contributed by atoms with E-state index in [-0.39, 0.29) is 24.7 Å². The van der Waals surface area contributed by atoms with Crippen molar-refractivity contribution in [1.82, 2.24) is 0 Å². The Hall–Kier alpha value is -1.78. The summed E-state index contributed by atoms with van der Waals surface area (Å²) in [6.07, 6.45) is -0.202. The van der Waals surface area contributed by atoms with Crippen LogP contribution in [0.15, 0.2) is 12.1 Å². The summed E-state index contributed by atoms with van der Waals surface area (Å²) in [6.45, 7) is -0.0666. The molecule has 1 aromatic carbocycles. The summed E-state index contributed by atoms with van der Waals surface area (Å²) < 4.78 is 22.9. The molecule has 74 valence electrons. The number of hydrogen-bond donors (Lipinski definition) is 1. The Morgan fingerprint density at radius 3 is 2.86 bits per heavy atom. The third-order valence-electron chi connectivity index (χ3n) is 1.89. The first-order valence-corrected chi connectivity index (χ1v) is 3.97. The first-order valence-electron chi connectivity index (χ1n) is 3.97. The van der Waals surface area contributed by atoms with Crippen molar-refractivity contribution in [3.63, 3.8) is 0 Å². The minimum absolute atomic E-state index is 0.00347. The van der Waals surface area contributed by atoms with Crippen LogP contribution in [0.4, 0.5) is 4.39 Å². The van der Waals surface area contributed by atoms with Crippen LogP contribution in [-0.4, -0.2) is 17.9 Å². The van der Waals surface area contributed by atoms with Crippen LogP contribution in [0, 0.1) is 5.82 Å². The smallest absolute Gasteiger partial charge is 0.307 e. The highest BCUT2D eigenvalue weighted by Gasteiger charge is 2.22. The van der Waals surface area contributed by atoms with Crippen LogP contribution in [-0.2, 0) is 11.2 Å². The zero-order valence-corrected chi connectivity index (χ0v) is 7.12. The lowest BCUT2D eigenvalue weighted by atomic mass is 10.1. The summed E-state index contributed by atoms with van der Waals surface area (Å²) in [5, 5.41) is 8.58. The van der Waals surface area contributed by atoms with Gasteiger partial charge < -0.3 is 14.6 Å². The van der Waals surface area contributed by atoms with E-state index in [1.165, 1.54) is 12.1 Å². The Balaban J connectivity index is 2.43. The summed E-state index contributed by atoms with van der Waals surface area (Å²) in [7, 11) is 0. The van der Waals surface area contributed by atoms with Gasteiger partial charge in [-0.15, -0.1) is 0 Å². The summed E-state index contributed by atoms with van der Waals surface area (Å²) in [5.74, 6) is -1.32. The molecule has 0 aliphatic carbocycles. The molecule has 0 saturated heterocycles. The van der Waals surface area contributed by atoms with Gasteiger partial charge in [0, 0.05) is 5.56 Å². The molecule has 2 rings (SSSR count). The Bertz CT molecular complexity index is 389. The zero-order valence-electron chi connectivity index (χ0n) is 7.12. The number of halogens is 1. The maximum atomic E-state index is 13.1. The largest absolute Gasteiger partial charge is 0.481 e. The first-order chi connectivity index (χ1) is 6.68. The molecule has 0 radical (unpaired) electrons. The molecule has 0 bridgehead atoms. The Kier molecular flexibility index (Phi) is 1.99. The SMILES string of the molecule is O=C(O)Cc1ccc(F)c2c1OCO2. The van der Waals surface area contributed by atoms with E-state index in [2.05, 4.69) is 0 Å². The van der Waals surface area contributed by atoms with E-state index >= 15 is 0 Å². The van der Waals surface area contributed by atoms with Crippen molar-refractivity contribution >= 4 is 5.97 Å². The topological polar surface area (TPSA) is 55.8 Å². The maximum Gasteiger partial charge on any atom is 0.307 e. The van der Waals surface area contributed by atoms with Gasteiger partial charge in [-0.3, -0.25) is 4.79 Å². The zero-order chi connectivity index (χ0) is 10.1. The number of carboxylic acid groups (broad SMARTS) is 1. The standard InChI is InChI=1S/C9H7FO4/c10-6-2-1-5(3-7(11)12)8-9(6)14-4-13-8/h1-2H,3-4H2,(H,11,12). The van der Waals surface area contributed by atoms with E-state index in [1.807, 2.05) is 0 Å². The second kappa shape index (κ2) is 3.17. The lowest BCUT2D eigenvalue weighted by Crippen LogP contribution is -2.01. The second-order valence-electron chi connectivity index (χ2n) is 2.84. The summed E-state index contributed by atoms with van der Waals surface area (Å²) in [5.41, 5.74) is 0.423. The van der Waals surface area contributed by atoms with Crippen molar-refractivity contribution in [1.29, 1.82) is 0 Å². The highest BCUT2D eigenvalue weighted by Crippen LogP contribution is 2.38. The Morgan fingerprint density at radius 2 is 2.14 bits per heavy atom. The van der Waals surface area contributed by atoms with Crippen LogP contribution in [0.5, 0.6) is 11.5 Å². The third-order valence-corrected chi connectivity index (χ3v) is 1.89. The molecule has 0 aromatic heterocycles. The molecule has 0 amide bonds. The van der Waals surface area contributed by atoms with Gasteiger partial charge in [-0.2, -0.15) is 0 Å². The Morgan fingerprint density at radius 1 is 1.43 bits per heavy atom. The van der Waals surface area contributed by atoms with E-state index in [0.717, 1.165) is 0 Å². The van der Waals surface area contributed by atoms with Crippen molar-refractivity contribution in [2.45, 2.75) is 6.42 Å². The predicted molar refractivity (Wildman–Crippen MR) is 43.9 cm³/mol. The van der Waals surface area contributed by atoms with Gasteiger partial charge in [0.15, 0.2) is 11.6 Å². The number of fused-ring (bicyclic) bond motifs is 1. The lowest BCUT2D eigenvalue weighted by Gasteiger charge is -2.03. The van der Waals surface area contributed by atoms with Crippen LogP contribution in [0.25, 0.3) is 0 Å². The molecule has 0 atom stereocenters. The van der Waals surface area contributed by atoms with E-state index in [0.29, 0.717) is 5.56 Å². The molecule has 1 N–H and O–H groups in total. The van der Waals surface area contributed by atoms with Crippen LogP contribution in [0.1, 0.15) is 5.56 Å². The molecule has 0 saturated carbocycles. The minimum atomic E-state index is -0.991. The molecule has 14 heavy (non-hydrogen) atoms. The number of carbonyl (C=O) groups is 1. The molecule has 1 aromatic rings. The van der Waals surface area contributed by atoms with E-state index in [4.69, 9.17) is 14.6 Å². The molecule has 1 aliphatic rings. The highest BCUT2D eigenvalue weighted by atomic mass is 19.1. The van der Waals surface area contributed by atoms with Crippen molar-refractivity contribution < 1.29 is 23.8 Å². The fourth-order valence-corrected chi connectivity index (χ4v) is 1.32. The number of rotatable bonds is 2. The van der Waals surface area contributed by atoms with E-state index in [9.17, 15) is 9.18 Å². The highest BCUT2D eigenvalue weighted by molar-refractivity contribution is 5.72.